The van der Waals surface area contributed by atoms with Crippen molar-refractivity contribution in [2.75, 3.05) is 31.6 Å². The van der Waals surface area contributed by atoms with Gasteiger partial charge in [-0.2, -0.15) is 0 Å². The van der Waals surface area contributed by atoms with E-state index >= 15 is 0 Å². The molecule has 0 radical (unpaired) electrons. The second kappa shape index (κ2) is 7.79. The number of aromatic nitrogens is 2. The van der Waals surface area contributed by atoms with Crippen molar-refractivity contribution in [3.63, 3.8) is 0 Å². The standard InChI is InChI=1S/C14H23N5O/c1-15-7-2-6-13(20)18-12-5-3-10-19(11-12)14-16-8-4-9-17-14/h4,8-9,12,15H,2-3,5-7,10-11H2,1H3,(H,18,20). The molecule has 6 heteroatoms. The molecule has 1 aromatic rings. The average molecular weight is 277 g/mol. The summed E-state index contributed by atoms with van der Waals surface area (Å²) in [4.78, 5) is 22.5. The fraction of sp³-hybridized carbons (Fsp3) is 0.643. The van der Waals surface area contributed by atoms with E-state index in [0.29, 0.717) is 6.42 Å². The molecule has 20 heavy (non-hydrogen) atoms. The van der Waals surface area contributed by atoms with Gasteiger partial charge in [-0.15, -0.1) is 0 Å². The highest BCUT2D eigenvalue weighted by Crippen LogP contribution is 2.15. The quantitative estimate of drug-likeness (QED) is 0.744. The van der Waals surface area contributed by atoms with Gasteiger partial charge in [0, 0.05) is 37.9 Å². The van der Waals surface area contributed by atoms with Crippen molar-refractivity contribution in [2.24, 2.45) is 0 Å². The monoisotopic (exact) mass is 277 g/mol. The molecule has 2 N–H and O–H groups in total. The van der Waals surface area contributed by atoms with E-state index < -0.39 is 0 Å². The topological polar surface area (TPSA) is 70.2 Å². The smallest absolute Gasteiger partial charge is 0.225 e. The van der Waals surface area contributed by atoms with Gasteiger partial charge in [-0.1, -0.05) is 0 Å². The van der Waals surface area contributed by atoms with Crippen LogP contribution in [-0.2, 0) is 4.79 Å². The molecule has 0 spiro atoms. The van der Waals surface area contributed by atoms with Gasteiger partial charge in [0.25, 0.3) is 0 Å². The van der Waals surface area contributed by atoms with E-state index in [9.17, 15) is 4.79 Å². The van der Waals surface area contributed by atoms with Gasteiger partial charge in [-0.3, -0.25) is 4.79 Å². The Morgan fingerprint density at radius 3 is 3.00 bits per heavy atom. The van der Waals surface area contributed by atoms with Crippen LogP contribution in [0.15, 0.2) is 18.5 Å². The molecule has 1 fully saturated rings. The number of hydrogen-bond donors (Lipinski definition) is 2. The third kappa shape index (κ3) is 4.45. The minimum Gasteiger partial charge on any atom is -0.352 e. The molecule has 1 unspecified atom stereocenters. The van der Waals surface area contributed by atoms with Crippen LogP contribution in [0.25, 0.3) is 0 Å². The summed E-state index contributed by atoms with van der Waals surface area (Å²) in [5, 5.41) is 6.16. The maximum atomic E-state index is 11.8. The van der Waals surface area contributed by atoms with Crippen molar-refractivity contribution in [1.82, 2.24) is 20.6 Å². The zero-order valence-electron chi connectivity index (χ0n) is 12.0. The van der Waals surface area contributed by atoms with Crippen LogP contribution >= 0.6 is 0 Å². The summed E-state index contributed by atoms with van der Waals surface area (Å²) in [6.45, 7) is 2.62. The largest absolute Gasteiger partial charge is 0.352 e. The number of amides is 1. The Balaban J connectivity index is 1.80. The number of piperidine rings is 1. The Kier molecular flexibility index (Phi) is 5.73. The van der Waals surface area contributed by atoms with Gasteiger partial charge < -0.3 is 15.5 Å². The van der Waals surface area contributed by atoms with Crippen LogP contribution in [0.5, 0.6) is 0 Å². The Morgan fingerprint density at radius 2 is 2.25 bits per heavy atom. The van der Waals surface area contributed by atoms with Crippen LogP contribution in [0, 0.1) is 0 Å². The molecular formula is C14H23N5O. The van der Waals surface area contributed by atoms with Gasteiger partial charge in [0.15, 0.2) is 0 Å². The number of rotatable bonds is 6. The van der Waals surface area contributed by atoms with Crippen LogP contribution in [0.1, 0.15) is 25.7 Å². The lowest BCUT2D eigenvalue weighted by molar-refractivity contribution is -0.121. The molecule has 1 aromatic heterocycles. The second-order valence-electron chi connectivity index (χ2n) is 5.11. The molecular weight excluding hydrogens is 254 g/mol. The van der Waals surface area contributed by atoms with E-state index in [4.69, 9.17) is 0 Å². The molecule has 1 amide bonds. The number of nitrogens with zero attached hydrogens (tertiary/aromatic N) is 3. The van der Waals surface area contributed by atoms with E-state index in [1.807, 2.05) is 13.1 Å². The van der Waals surface area contributed by atoms with Gasteiger partial charge in [-0.25, -0.2) is 9.97 Å². The minimum absolute atomic E-state index is 0.140. The van der Waals surface area contributed by atoms with E-state index in [2.05, 4.69) is 25.5 Å². The predicted octanol–water partition coefficient (Wildman–Crippen LogP) is 0.561. The van der Waals surface area contributed by atoms with E-state index in [-0.39, 0.29) is 11.9 Å². The normalized spacial score (nSPS) is 18.9. The maximum absolute atomic E-state index is 11.8. The van der Waals surface area contributed by atoms with Crippen molar-refractivity contribution in [3.8, 4) is 0 Å². The summed E-state index contributed by atoms with van der Waals surface area (Å²) in [6, 6.07) is 2.02. The lowest BCUT2D eigenvalue weighted by Gasteiger charge is -2.33. The van der Waals surface area contributed by atoms with Crippen LogP contribution in [0.3, 0.4) is 0 Å². The van der Waals surface area contributed by atoms with Crippen molar-refractivity contribution in [2.45, 2.75) is 31.7 Å². The first-order valence-electron chi connectivity index (χ1n) is 7.25. The average Bonchev–Trinajstić information content (AvgIpc) is 2.49. The highest BCUT2D eigenvalue weighted by atomic mass is 16.1. The lowest BCUT2D eigenvalue weighted by atomic mass is 10.1. The molecule has 0 aliphatic carbocycles. The molecule has 0 saturated carbocycles. The molecule has 1 aliphatic rings. The van der Waals surface area contributed by atoms with E-state index in [1.165, 1.54) is 0 Å². The fourth-order valence-electron chi connectivity index (χ4n) is 2.46. The van der Waals surface area contributed by atoms with Gasteiger partial charge >= 0.3 is 0 Å². The van der Waals surface area contributed by atoms with Crippen molar-refractivity contribution >= 4 is 11.9 Å². The first-order chi connectivity index (χ1) is 9.79. The summed E-state index contributed by atoms with van der Waals surface area (Å²) < 4.78 is 0. The molecule has 0 aromatic carbocycles. The van der Waals surface area contributed by atoms with Crippen LogP contribution in [0.2, 0.25) is 0 Å². The summed E-state index contributed by atoms with van der Waals surface area (Å²) in [7, 11) is 1.90. The lowest BCUT2D eigenvalue weighted by Crippen LogP contribution is -2.48. The Hall–Kier alpha value is -1.69. The van der Waals surface area contributed by atoms with Crippen LogP contribution in [-0.4, -0.2) is 48.6 Å². The van der Waals surface area contributed by atoms with E-state index in [0.717, 1.165) is 44.8 Å². The molecule has 6 nitrogen and oxygen atoms in total. The van der Waals surface area contributed by atoms with Crippen LogP contribution in [0.4, 0.5) is 5.95 Å². The molecule has 1 atom stereocenters. The summed E-state index contributed by atoms with van der Waals surface area (Å²) in [5.74, 6) is 0.891. The Morgan fingerprint density at radius 1 is 1.45 bits per heavy atom. The fourth-order valence-corrected chi connectivity index (χ4v) is 2.46. The van der Waals surface area contributed by atoms with Crippen molar-refractivity contribution in [1.29, 1.82) is 0 Å². The number of anilines is 1. The third-order valence-corrected chi connectivity index (χ3v) is 3.45. The van der Waals surface area contributed by atoms with Gasteiger partial charge in [0.1, 0.15) is 0 Å². The number of carbonyl (C=O) groups is 1. The maximum Gasteiger partial charge on any atom is 0.225 e. The molecule has 1 saturated heterocycles. The molecule has 2 heterocycles. The minimum atomic E-state index is 0.140. The zero-order valence-corrected chi connectivity index (χ0v) is 12.0. The number of carbonyl (C=O) groups excluding carboxylic acids is 1. The summed E-state index contributed by atoms with van der Waals surface area (Å²) in [5.41, 5.74) is 0. The third-order valence-electron chi connectivity index (χ3n) is 3.45. The summed E-state index contributed by atoms with van der Waals surface area (Å²) >= 11 is 0. The zero-order chi connectivity index (χ0) is 14.2. The SMILES string of the molecule is CNCCCC(=O)NC1CCCN(c2ncccn2)C1. The highest BCUT2D eigenvalue weighted by Gasteiger charge is 2.22. The van der Waals surface area contributed by atoms with Crippen molar-refractivity contribution < 1.29 is 4.79 Å². The van der Waals surface area contributed by atoms with E-state index in [1.54, 1.807) is 12.4 Å². The predicted molar refractivity (Wildman–Crippen MR) is 78.6 cm³/mol. The van der Waals surface area contributed by atoms with Crippen molar-refractivity contribution in [3.05, 3.63) is 18.5 Å². The molecule has 110 valence electrons. The van der Waals surface area contributed by atoms with Crippen LogP contribution < -0.4 is 15.5 Å². The summed E-state index contributed by atoms with van der Waals surface area (Å²) in [6.07, 6.45) is 7.05. The van der Waals surface area contributed by atoms with Gasteiger partial charge in [0.05, 0.1) is 0 Å². The molecule has 0 bridgehead atoms. The molecule has 2 rings (SSSR count). The highest BCUT2D eigenvalue weighted by molar-refractivity contribution is 5.76. The first kappa shape index (κ1) is 14.7. The first-order valence-corrected chi connectivity index (χ1v) is 7.25. The Labute approximate surface area is 120 Å². The Bertz CT molecular complexity index is 411. The number of hydrogen-bond acceptors (Lipinski definition) is 5. The molecule has 1 aliphatic heterocycles. The second-order valence-corrected chi connectivity index (χ2v) is 5.11. The van der Waals surface area contributed by atoms with Gasteiger partial charge in [-0.05, 0) is 38.9 Å². The van der Waals surface area contributed by atoms with Gasteiger partial charge in [0.2, 0.25) is 11.9 Å². The number of nitrogens with one attached hydrogen (secondary N) is 2.